The summed E-state index contributed by atoms with van der Waals surface area (Å²) in [4.78, 5) is 26.4. The maximum absolute atomic E-state index is 12.9. The van der Waals surface area contributed by atoms with Crippen molar-refractivity contribution in [3.05, 3.63) is 34.3 Å². The van der Waals surface area contributed by atoms with Crippen LogP contribution in [0, 0.1) is 5.92 Å². The van der Waals surface area contributed by atoms with Crippen molar-refractivity contribution in [3.8, 4) is 0 Å². The number of rotatable bonds is 2. The Morgan fingerprint density at radius 2 is 1.89 bits per heavy atom. The number of piperidine rings is 1. The number of nitrogens with zero attached hydrogens (tertiary/aromatic N) is 1. The van der Waals surface area contributed by atoms with Gasteiger partial charge in [0.2, 0.25) is 11.8 Å². The molecule has 3 aliphatic rings. The first-order valence-electron chi connectivity index (χ1n) is 10.6. The monoisotopic (exact) mass is 402 g/mol. The molecule has 4 rings (SSSR count). The van der Waals surface area contributed by atoms with Gasteiger partial charge in [-0.25, -0.2) is 0 Å². The van der Waals surface area contributed by atoms with Gasteiger partial charge in [-0.3, -0.25) is 9.59 Å². The predicted octanol–water partition coefficient (Wildman–Crippen LogP) is 4.40. The van der Waals surface area contributed by atoms with Gasteiger partial charge in [0, 0.05) is 36.0 Å². The zero-order valence-corrected chi connectivity index (χ0v) is 17.9. The van der Waals surface area contributed by atoms with Crippen LogP contribution < -0.4 is 5.32 Å². The molecule has 2 saturated heterocycles. The number of halogens is 1. The molecule has 0 atom stereocenters. The molecule has 4 nitrogen and oxygen atoms in total. The zero-order valence-electron chi connectivity index (χ0n) is 17.2. The van der Waals surface area contributed by atoms with Gasteiger partial charge in [-0.15, -0.1) is 0 Å². The smallest absolute Gasteiger partial charge is 0.225 e. The van der Waals surface area contributed by atoms with Crippen molar-refractivity contribution < 1.29 is 9.59 Å². The van der Waals surface area contributed by atoms with Crippen LogP contribution in [0.4, 0.5) is 0 Å². The van der Waals surface area contributed by atoms with Crippen molar-refractivity contribution in [2.24, 2.45) is 5.92 Å². The molecule has 1 aliphatic carbocycles. The number of benzene rings is 1. The van der Waals surface area contributed by atoms with Gasteiger partial charge < -0.3 is 10.2 Å². The lowest BCUT2D eigenvalue weighted by Gasteiger charge is -2.46. The normalized spacial score (nSPS) is 28.4. The maximum Gasteiger partial charge on any atom is 0.225 e. The molecular formula is C23H31ClN2O2. The Morgan fingerprint density at radius 3 is 2.46 bits per heavy atom. The van der Waals surface area contributed by atoms with E-state index in [4.69, 9.17) is 11.6 Å². The van der Waals surface area contributed by atoms with E-state index in [1.165, 1.54) is 11.1 Å². The minimum Gasteiger partial charge on any atom is -0.351 e. The molecular weight excluding hydrogens is 372 g/mol. The highest BCUT2D eigenvalue weighted by molar-refractivity contribution is 6.31. The van der Waals surface area contributed by atoms with E-state index in [1.54, 1.807) is 0 Å². The summed E-state index contributed by atoms with van der Waals surface area (Å²) in [7, 11) is 0. The standard InChI is InChI=1S/C23H31ClN2O2/c1-22(2,3)18-12-16(4-5-19(18)24)15-7-10-26(11-8-15)21(28)17-13-23(14-17)9-6-20(27)25-23/h4-5,12,15,17H,6-11,13-14H2,1-3H3,(H,25,27). The third-order valence-electron chi connectivity index (χ3n) is 6.94. The van der Waals surface area contributed by atoms with Crippen molar-refractivity contribution in [3.63, 3.8) is 0 Å². The van der Waals surface area contributed by atoms with Crippen LogP contribution in [0.1, 0.15) is 76.3 Å². The molecule has 1 aromatic rings. The quantitative estimate of drug-likeness (QED) is 0.796. The first-order valence-corrected chi connectivity index (χ1v) is 10.9. The molecule has 152 valence electrons. The van der Waals surface area contributed by atoms with Crippen LogP contribution in [-0.2, 0) is 15.0 Å². The van der Waals surface area contributed by atoms with Crippen LogP contribution in [0.2, 0.25) is 5.02 Å². The molecule has 0 aromatic heterocycles. The highest BCUT2D eigenvalue weighted by Crippen LogP contribution is 2.45. The van der Waals surface area contributed by atoms with Crippen molar-refractivity contribution >= 4 is 23.4 Å². The number of amides is 2. The van der Waals surface area contributed by atoms with Crippen LogP contribution in [0.3, 0.4) is 0 Å². The van der Waals surface area contributed by atoms with Crippen LogP contribution in [0.5, 0.6) is 0 Å². The van der Waals surface area contributed by atoms with Crippen LogP contribution in [-0.4, -0.2) is 35.3 Å². The lowest BCUT2D eigenvalue weighted by atomic mass is 9.67. The van der Waals surface area contributed by atoms with E-state index in [9.17, 15) is 9.59 Å². The molecule has 2 amide bonds. The van der Waals surface area contributed by atoms with E-state index in [2.05, 4.69) is 38.2 Å². The third-order valence-corrected chi connectivity index (χ3v) is 7.26. The number of likely N-dealkylation sites (tertiary alicyclic amines) is 1. The fourth-order valence-electron chi connectivity index (χ4n) is 5.20. The second kappa shape index (κ2) is 7.05. The molecule has 0 unspecified atom stereocenters. The van der Waals surface area contributed by atoms with Crippen LogP contribution in [0.15, 0.2) is 18.2 Å². The Kier molecular flexibility index (Phi) is 4.97. The van der Waals surface area contributed by atoms with Gasteiger partial charge in [0.05, 0.1) is 0 Å². The molecule has 2 heterocycles. The first kappa shape index (κ1) is 19.8. The molecule has 2 aliphatic heterocycles. The maximum atomic E-state index is 12.9. The second-order valence-electron chi connectivity index (χ2n) is 10.0. The van der Waals surface area contributed by atoms with Gasteiger partial charge in [0.15, 0.2) is 0 Å². The van der Waals surface area contributed by atoms with E-state index in [0.717, 1.165) is 50.2 Å². The zero-order chi connectivity index (χ0) is 20.1. The van der Waals surface area contributed by atoms with Gasteiger partial charge >= 0.3 is 0 Å². The van der Waals surface area contributed by atoms with Crippen molar-refractivity contribution in [2.75, 3.05) is 13.1 Å². The summed E-state index contributed by atoms with van der Waals surface area (Å²) in [5, 5.41) is 3.92. The van der Waals surface area contributed by atoms with Crippen molar-refractivity contribution in [2.45, 2.75) is 76.2 Å². The van der Waals surface area contributed by atoms with Gasteiger partial charge in [0.1, 0.15) is 0 Å². The Morgan fingerprint density at radius 1 is 1.21 bits per heavy atom. The molecule has 1 N–H and O–H groups in total. The van der Waals surface area contributed by atoms with Gasteiger partial charge in [-0.05, 0) is 60.6 Å². The van der Waals surface area contributed by atoms with Crippen LogP contribution >= 0.6 is 11.6 Å². The lowest BCUT2D eigenvalue weighted by Crippen LogP contribution is -2.57. The SMILES string of the molecule is CC(C)(C)c1cc(C2CCN(C(=O)C3CC4(CCC(=O)N4)C3)CC2)ccc1Cl. The summed E-state index contributed by atoms with van der Waals surface area (Å²) in [6.07, 6.45) is 5.17. The number of hydrogen-bond donors (Lipinski definition) is 1. The molecule has 28 heavy (non-hydrogen) atoms. The highest BCUT2D eigenvalue weighted by atomic mass is 35.5. The summed E-state index contributed by atoms with van der Waals surface area (Å²) in [5.74, 6) is 1.02. The minimum absolute atomic E-state index is 0.0274. The van der Waals surface area contributed by atoms with Crippen molar-refractivity contribution in [1.29, 1.82) is 0 Å². The molecule has 5 heteroatoms. The Bertz CT molecular complexity index is 784. The molecule has 0 bridgehead atoms. The molecule has 1 spiro atoms. The summed E-state index contributed by atoms with van der Waals surface area (Å²) in [6, 6.07) is 6.44. The Labute approximate surface area is 173 Å². The number of carbonyl (C=O) groups excluding carboxylic acids is 2. The Balaban J connectivity index is 1.34. The number of carbonyl (C=O) groups is 2. The van der Waals surface area contributed by atoms with E-state index in [-0.39, 0.29) is 28.7 Å². The minimum atomic E-state index is -0.0671. The average Bonchev–Trinajstić information content (AvgIpc) is 3.02. The van der Waals surface area contributed by atoms with E-state index < -0.39 is 0 Å². The first-order chi connectivity index (χ1) is 13.2. The largest absolute Gasteiger partial charge is 0.351 e. The van der Waals surface area contributed by atoms with Crippen LogP contribution in [0.25, 0.3) is 0 Å². The summed E-state index contributed by atoms with van der Waals surface area (Å²) >= 11 is 6.42. The van der Waals surface area contributed by atoms with E-state index in [0.29, 0.717) is 12.3 Å². The van der Waals surface area contributed by atoms with Gasteiger partial charge in [0.25, 0.3) is 0 Å². The van der Waals surface area contributed by atoms with E-state index >= 15 is 0 Å². The third kappa shape index (κ3) is 3.68. The average molecular weight is 403 g/mol. The lowest BCUT2D eigenvalue weighted by molar-refractivity contribution is -0.142. The van der Waals surface area contributed by atoms with E-state index in [1.807, 2.05) is 11.0 Å². The topological polar surface area (TPSA) is 49.4 Å². The Hall–Kier alpha value is -1.55. The molecule has 1 saturated carbocycles. The van der Waals surface area contributed by atoms with Gasteiger partial charge in [-0.2, -0.15) is 0 Å². The van der Waals surface area contributed by atoms with Crippen molar-refractivity contribution in [1.82, 2.24) is 10.2 Å². The molecule has 3 fully saturated rings. The number of nitrogens with one attached hydrogen (secondary N) is 1. The summed E-state index contributed by atoms with van der Waals surface area (Å²) in [6.45, 7) is 8.23. The fourth-order valence-corrected chi connectivity index (χ4v) is 5.60. The van der Waals surface area contributed by atoms with Gasteiger partial charge in [-0.1, -0.05) is 44.5 Å². The predicted molar refractivity (Wildman–Crippen MR) is 112 cm³/mol. The molecule has 0 radical (unpaired) electrons. The summed E-state index contributed by atoms with van der Waals surface area (Å²) in [5.41, 5.74) is 2.50. The summed E-state index contributed by atoms with van der Waals surface area (Å²) < 4.78 is 0. The molecule has 1 aromatic carbocycles. The second-order valence-corrected chi connectivity index (χ2v) is 10.4. The highest BCUT2D eigenvalue weighted by Gasteiger charge is 2.51. The fraction of sp³-hybridized carbons (Fsp3) is 0.652. The number of hydrogen-bond acceptors (Lipinski definition) is 2.